The molecule has 1 heterocycles. The monoisotopic (exact) mass is 362 g/mol. The number of nitrogens with zero attached hydrogens (tertiary/aromatic N) is 1. The van der Waals surface area contributed by atoms with Gasteiger partial charge < -0.3 is 4.74 Å². The third-order valence-corrected chi connectivity index (χ3v) is 4.79. The zero-order valence-electron chi connectivity index (χ0n) is 17.0. The third-order valence-electron chi connectivity index (χ3n) is 4.79. The summed E-state index contributed by atoms with van der Waals surface area (Å²) in [4.78, 5) is 11.7. The molecular weight excluding hydrogens is 322 g/mol. The van der Waals surface area contributed by atoms with Crippen molar-refractivity contribution in [1.82, 2.24) is 5.32 Å². The zero-order chi connectivity index (χ0) is 18.7. The molecule has 1 saturated heterocycles. The van der Waals surface area contributed by atoms with Gasteiger partial charge in [-0.25, -0.2) is 5.32 Å². The molecule has 1 aliphatic rings. The van der Waals surface area contributed by atoms with E-state index >= 15 is 0 Å². The van der Waals surface area contributed by atoms with Crippen molar-refractivity contribution >= 4 is 5.97 Å². The maximum atomic E-state index is 11.7. The minimum absolute atomic E-state index is 0.0636. The van der Waals surface area contributed by atoms with Gasteiger partial charge in [0, 0.05) is 13.0 Å². The van der Waals surface area contributed by atoms with Crippen LogP contribution in [-0.4, -0.2) is 18.7 Å². The van der Waals surface area contributed by atoms with E-state index in [4.69, 9.17) is 4.74 Å². The van der Waals surface area contributed by atoms with Crippen LogP contribution in [0.3, 0.4) is 0 Å². The number of carbonyl (C=O) groups is 1. The topological polar surface area (TPSA) is 40.4 Å². The summed E-state index contributed by atoms with van der Waals surface area (Å²) in [6.07, 6.45) is 26.0. The van der Waals surface area contributed by atoms with Crippen molar-refractivity contribution in [1.29, 1.82) is 0 Å². The molecule has 3 nitrogen and oxygen atoms in total. The molecule has 1 radical (unpaired) electrons. The van der Waals surface area contributed by atoms with Crippen molar-refractivity contribution in [3.05, 3.63) is 24.3 Å². The number of carbonyl (C=O) groups excluding carboxylic acids is 1. The first-order valence-corrected chi connectivity index (χ1v) is 11.0. The number of hydrogen-bond acceptors (Lipinski definition) is 2. The predicted octanol–water partition coefficient (Wildman–Crippen LogP) is 6.46. The quantitative estimate of drug-likeness (QED) is 0.191. The van der Waals surface area contributed by atoms with Gasteiger partial charge in [-0.1, -0.05) is 63.3 Å². The Balaban J connectivity index is 1.82. The number of hydrogen-bond donors (Lipinski definition) is 0. The van der Waals surface area contributed by atoms with Gasteiger partial charge in [0.05, 0.1) is 0 Å². The molecular formula is C23H40NO2. The van der Waals surface area contributed by atoms with E-state index in [0.29, 0.717) is 6.42 Å². The lowest BCUT2D eigenvalue weighted by Gasteiger charge is -2.21. The van der Waals surface area contributed by atoms with Crippen LogP contribution in [0.5, 0.6) is 0 Å². The first kappa shape index (κ1) is 23.0. The normalized spacial score (nSPS) is 18.0. The Morgan fingerprint density at radius 2 is 1.62 bits per heavy atom. The lowest BCUT2D eigenvalue weighted by atomic mass is 10.1. The molecule has 0 aliphatic carbocycles. The SMILES string of the molecule is CCCCC/C=C\C/C=C\CCCCCCCC(=O)OC1CCCC[N]1. The molecule has 1 rings (SSSR count). The van der Waals surface area contributed by atoms with Crippen LogP contribution in [0.25, 0.3) is 0 Å². The van der Waals surface area contributed by atoms with Crippen LogP contribution < -0.4 is 5.32 Å². The van der Waals surface area contributed by atoms with E-state index in [1.54, 1.807) is 0 Å². The fourth-order valence-electron chi connectivity index (χ4n) is 3.14. The second kappa shape index (κ2) is 17.3. The summed E-state index contributed by atoms with van der Waals surface area (Å²) < 4.78 is 5.39. The van der Waals surface area contributed by atoms with Crippen molar-refractivity contribution < 1.29 is 9.53 Å². The molecule has 0 aromatic heterocycles. The molecule has 0 amide bonds. The Bertz CT molecular complexity index is 384. The van der Waals surface area contributed by atoms with Gasteiger partial charge in [0.15, 0.2) is 6.23 Å². The molecule has 149 valence electrons. The highest BCUT2D eigenvalue weighted by Gasteiger charge is 2.17. The highest BCUT2D eigenvalue weighted by atomic mass is 16.6. The highest BCUT2D eigenvalue weighted by Crippen LogP contribution is 2.12. The first-order chi connectivity index (χ1) is 12.8. The Hall–Kier alpha value is -1.09. The number of unbranched alkanes of at least 4 members (excludes halogenated alkanes) is 8. The number of allylic oxidation sites excluding steroid dienone is 4. The predicted molar refractivity (Wildman–Crippen MR) is 110 cm³/mol. The molecule has 1 fully saturated rings. The van der Waals surface area contributed by atoms with E-state index in [2.05, 4.69) is 36.5 Å². The Kier molecular flexibility index (Phi) is 15.3. The van der Waals surface area contributed by atoms with Crippen molar-refractivity contribution in [2.24, 2.45) is 0 Å². The Labute approximate surface area is 161 Å². The van der Waals surface area contributed by atoms with Crippen LogP contribution in [0.15, 0.2) is 24.3 Å². The molecule has 1 atom stereocenters. The number of ether oxygens (including phenoxy) is 1. The van der Waals surface area contributed by atoms with Gasteiger partial charge in [-0.3, -0.25) is 4.79 Å². The summed E-state index contributed by atoms with van der Waals surface area (Å²) in [6, 6.07) is 0. The summed E-state index contributed by atoms with van der Waals surface area (Å²) in [5.41, 5.74) is 0. The molecule has 0 bridgehead atoms. The van der Waals surface area contributed by atoms with Gasteiger partial charge in [0.2, 0.25) is 0 Å². The Morgan fingerprint density at radius 1 is 0.923 bits per heavy atom. The van der Waals surface area contributed by atoms with Gasteiger partial charge in [-0.15, -0.1) is 0 Å². The van der Waals surface area contributed by atoms with E-state index < -0.39 is 0 Å². The standard InChI is InChI=1S/C23H40NO2/c1-2-3-4-5-6-7-8-9-10-11-12-13-14-15-16-20-23(25)26-22-19-17-18-21-24-22/h6-7,9-10,22H,2-5,8,11-21H2,1H3/b7-6-,10-9-. The minimum Gasteiger partial charge on any atom is -0.445 e. The molecule has 0 aromatic rings. The molecule has 3 heteroatoms. The van der Waals surface area contributed by atoms with E-state index in [0.717, 1.165) is 45.1 Å². The summed E-state index contributed by atoms with van der Waals surface area (Å²) in [7, 11) is 0. The lowest BCUT2D eigenvalue weighted by molar-refractivity contribution is -0.152. The Morgan fingerprint density at radius 3 is 2.31 bits per heavy atom. The van der Waals surface area contributed by atoms with Gasteiger partial charge in [-0.2, -0.15) is 0 Å². The van der Waals surface area contributed by atoms with Crippen LogP contribution in [0, 0.1) is 0 Å². The van der Waals surface area contributed by atoms with E-state index in [9.17, 15) is 4.79 Å². The van der Waals surface area contributed by atoms with E-state index in [-0.39, 0.29) is 12.2 Å². The fraction of sp³-hybridized carbons (Fsp3) is 0.783. The van der Waals surface area contributed by atoms with E-state index in [1.165, 1.54) is 51.4 Å². The van der Waals surface area contributed by atoms with Gasteiger partial charge in [-0.05, 0) is 57.8 Å². The number of rotatable bonds is 15. The van der Waals surface area contributed by atoms with Crippen LogP contribution in [0.1, 0.15) is 103 Å². The average molecular weight is 363 g/mol. The molecule has 0 aromatic carbocycles. The van der Waals surface area contributed by atoms with Gasteiger partial charge in [0.1, 0.15) is 0 Å². The van der Waals surface area contributed by atoms with Crippen LogP contribution in [0.4, 0.5) is 0 Å². The smallest absolute Gasteiger partial charge is 0.307 e. The highest BCUT2D eigenvalue weighted by molar-refractivity contribution is 5.69. The van der Waals surface area contributed by atoms with Crippen LogP contribution in [-0.2, 0) is 9.53 Å². The maximum absolute atomic E-state index is 11.7. The van der Waals surface area contributed by atoms with Crippen molar-refractivity contribution in [3.63, 3.8) is 0 Å². The summed E-state index contributed by atoms with van der Waals surface area (Å²) in [5, 5.41) is 4.34. The fourth-order valence-corrected chi connectivity index (χ4v) is 3.14. The van der Waals surface area contributed by atoms with Crippen molar-refractivity contribution in [2.75, 3.05) is 6.54 Å². The molecule has 26 heavy (non-hydrogen) atoms. The zero-order valence-corrected chi connectivity index (χ0v) is 17.0. The van der Waals surface area contributed by atoms with Crippen molar-refractivity contribution in [3.8, 4) is 0 Å². The molecule has 0 spiro atoms. The van der Waals surface area contributed by atoms with Gasteiger partial charge in [0.25, 0.3) is 0 Å². The first-order valence-electron chi connectivity index (χ1n) is 11.0. The molecule has 0 saturated carbocycles. The summed E-state index contributed by atoms with van der Waals surface area (Å²) >= 11 is 0. The summed E-state index contributed by atoms with van der Waals surface area (Å²) in [6.45, 7) is 3.09. The van der Waals surface area contributed by atoms with Crippen molar-refractivity contribution in [2.45, 2.75) is 109 Å². The average Bonchev–Trinajstić information content (AvgIpc) is 2.65. The molecule has 1 aliphatic heterocycles. The maximum Gasteiger partial charge on any atom is 0.307 e. The molecule has 1 unspecified atom stereocenters. The van der Waals surface area contributed by atoms with Gasteiger partial charge >= 0.3 is 5.97 Å². The number of esters is 1. The second-order valence-electron chi connectivity index (χ2n) is 7.33. The number of piperidine rings is 1. The van der Waals surface area contributed by atoms with E-state index in [1.807, 2.05) is 0 Å². The summed E-state index contributed by atoms with van der Waals surface area (Å²) in [5.74, 6) is -0.0636. The van der Waals surface area contributed by atoms with Crippen LogP contribution >= 0.6 is 0 Å². The molecule has 0 N–H and O–H groups in total. The minimum atomic E-state index is -0.158. The second-order valence-corrected chi connectivity index (χ2v) is 7.33. The largest absolute Gasteiger partial charge is 0.445 e. The third kappa shape index (κ3) is 14.1. The lowest BCUT2D eigenvalue weighted by Crippen LogP contribution is -2.32. The van der Waals surface area contributed by atoms with Crippen LogP contribution in [0.2, 0.25) is 0 Å².